The normalized spacial score (nSPS) is 10.2. The van der Waals surface area contributed by atoms with Crippen LogP contribution in [0.5, 0.6) is 0 Å². The standard InChI is InChI=1S/C11H12F3NO2.C9H10F3N.C7H6F3N.2CO2/c1-15(2)10-4-8(6-17-7-16)3-9(5-10)11(12,13)14;1-13(2)8-5-3-4-7(6-8)9(10,11)12;8-7(9,10)5-2-1-3-6(11)4-5;2*2-1-3/h3-5,7H,6H2,1-2H3;3-6H,1-2H3;1-4H,11H2;;. The maximum Gasteiger partial charge on any atom is 0.416 e. The zero-order valence-corrected chi connectivity index (χ0v) is 25.0. The Bertz CT molecular complexity index is 1430. The molecule has 3 aromatic carbocycles. The summed E-state index contributed by atoms with van der Waals surface area (Å²) in [6.07, 6.45) is -12.5. The fraction of sp³-hybridized carbons (Fsp3) is 0.276. The molecule has 3 aromatic rings. The van der Waals surface area contributed by atoms with Crippen molar-refractivity contribution in [3.8, 4) is 0 Å². The van der Waals surface area contributed by atoms with Crippen molar-refractivity contribution in [1.29, 1.82) is 0 Å². The summed E-state index contributed by atoms with van der Waals surface area (Å²) in [6, 6.07) is 13.4. The minimum atomic E-state index is -4.41. The second-order valence-electron chi connectivity index (χ2n) is 8.92. The predicted octanol–water partition coefficient (Wildman–Crippen LogP) is 6.34. The summed E-state index contributed by atoms with van der Waals surface area (Å²) in [5, 5.41) is 0. The van der Waals surface area contributed by atoms with Crippen molar-refractivity contribution in [3.63, 3.8) is 0 Å². The topological polar surface area (TPSA) is 127 Å². The number of carbonyl (C=O) groups is 1. The highest BCUT2D eigenvalue weighted by Gasteiger charge is 2.32. The maximum absolute atomic E-state index is 12.6. The first kappa shape index (κ1) is 43.8. The first-order valence-electron chi connectivity index (χ1n) is 12.3. The number of anilines is 3. The van der Waals surface area contributed by atoms with Gasteiger partial charge in [0.15, 0.2) is 0 Å². The van der Waals surface area contributed by atoms with Crippen molar-refractivity contribution in [2.45, 2.75) is 25.1 Å². The van der Waals surface area contributed by atoms with Gasteiger partial charge in [-0.25, -0.2) is 0 Å². The maximum atomic E-state index is 12.6. The summed E-state index contributed by atoms with van der Waals surface area (Å²) < 4.78 is 115. The second kappa shape index (κ2) is 20.6. The molecular weight excluding hydrogens is 657 g/mol. The summed E-state index contributed by atoms with van der Waals surface area (Å²) in [7, 11) is 6.69. The average molecular weight is 686 g/mol. The molecule has 0 radical (unpaired) electrons. The number of nitrogens with zero attached hydrogens (tertiary/aromatic N) is 2. The molecular formula is C29H28F9N3O6. The summed E-state index contributed by atoms with van der Waals surface area (Å²) in [5.41, 5.74) is 4.46. The molecule has 9 nitrogen and oxygen atoms in total. The van der Waals surface area contributed by atoms with E-state index in [4.69, 9.17) is 24.9 Å². The zero-order chi connectivity index (χ0) is 37.0. The molecule has 0 aliphatic carbocycles. The van der Waals surface area contributed by atoms with Gasteiger partial charge in [0.25, 0.3) is 6.47 Å². The molecule has 0 unspecified atom stereocenters. The van der Waals surface area contributed by atoms with E-state index >= 15 is 0 Å². The van der Waals surface area contributed by atoms with Crippen LogP contribution in [0.2, 0.25) is 0 Å². The lowest BCUT2D eigenvalue weighted by atomic mass is 10.1. The quantitative estimate of drug-likeness (QED) is 0.186. The summed E-state index contributed by atoms with van der Waals surface area (Å²) in [5.74, 6) is 0. The van der Waals surface area contributed by atoms with Crippen molar-refractivity contribution >= 4 is 35.8 Å². The minimum absolute atomic E-state index is 0.125. The lowest BCUT2D eigenvalue weighted by Gasteiger charge is -2.17. The molecule has 47 heavy (non-hydrogen) atoms. The molecule has 0 saturated heterocycles. The number of hydrogen-bond donors (Lipinski definition) is 1. The number of rotatable bonds is 5. The van der Waals surface area contributed by atoms with Crippen LogP contribution in [0.25, 0.3) is 0 Å². The Kier molecular flexibility index (Phi) is 19.2. The van der Waals surface area contributed by atoms with Crippen molar-refractivity contribution in [3.05, 3.63) is 89.0 Å². The fourth-order valence-corrected chi connectivity index (χ4v) is 2.98. The number of benzene rings is 3. The van der Waals surface area contributed by atoms with E-state index in [2.05, 4.69) is 4.74 Å². The van der Waals surface area contributed by atoms with Gasteiger partial charge in [0, 0.05) is 45.3 Å². The first-order valence-corrected chi connectivity index (χ1v) is 12.3. The first-order chi connectivity index (χ1) is 21.6. The number of hydrogen-bond acceptors (Lipinski definition) is 9. The second-order valence-corrected chi connectivity index (χ2v) is 8.92. The Morgan fingerprint density at radius 1 is 0.638 bits per heavy atom. The Morgan fingerprint density at radius 2 is 1.04 bits per heavy atom. The van der Waals surface area contributed by atoms with Gasteiger partial charge in [0.05, 0.1) is 16.7 Å². The molecule has 0 spiro atoms. The van der Waals surface area contributed by atoms with Gasteiger partial charge in [0.1, 0.15) is 6.61 Å². The van der Waals surface area contributed by atoms with Crippen LogP contribution in [0.15, 0.2) is 66.7 Å². The molecule has 0 saturated carbocycles. The lowest BCUT2D eigenvalue weighted by molar-refractivity contribution is -0.193. The Hall–Kier alpha value is -5.34. The lowest BCUT2D eigenvalue weighted by Crippen LogP contribution is -2.12. The van der Waals surface area contributed by atoms with Crippen molar-refractivity contribution < 1.29 is 68.2 Å². The number of alkyl halides is 9. The molecule has 0 bridgehead atoms. The molecule has 2 N–H and O–H groups in total. The molecule has 0 fully saturated rings. The van der Waals surface area contributed by atoms with Crippen LogP contribution >= 0.6 is 0 Å². The van der Waals surface area contributed by atoms with Crippen molar-refractivity contribution in [2.75, 3.05) is 43.7 Å². The van der Waals surface area contributed by atoms with Crippen LogP contribution in [0.4, 0.5) is 56.6 Å². The molecule has 0 aliphatic rings. The van der Waals surface area contributed by atoms with Crippen LogP contribution in [0.3, 0.4) is 0 Å². The third-order valence-electron chi connectivity index (χ3n) is 5.04. The smallest absolute Gasteiger partial charge is 0.416 e. The predicted molar refractivity (Wildman–Crippen MR) is 148 cm³/mol. The van der Waals surface area contributed by atoms with Gasteiger partial charge in [-0.3, -0.25) is 4.79 Å². The summed E-state index contributed by atoms with van der Waals surface area (Å²) >= 11 is 0. The average Bonchev–Trinajstić information content (AvgIpc) is 2.96. The fourth-order valence-electron chi connectivity index (χ4n) is 2.98. The number of ether oxygens (including phenoxy) is 1. The molecule has 0 aromatic heterocycles. The Balaban J connectivity index is 0. The van der Waals surface area contributed by atoms with Crippen molar-refractivity contribution in [2.24, 2.45) is 0 Å². The van der Waals surface area contributed by atoms with Gasteiger partial charge in [-0.2, -0.15) is 58.7 Å². The van der Waals surface area contributed by atoms with E-state index in [1.165, 1.54) is 18.2 Å². The number of halogens is 9. The van der Waals surface area contributed by atoms with Gasteiger partial charge >= 0.3 is 30.8 Å². The molecule has 258 valence electrons. The van der Waals surface area contributed by atoms with E-state index in [1.54, 1.807) is 50.1 Å². The van der Waals surface area contributed by atoms with Crippen LogP contribution < -0.4 is 15.5 Å². The highest BCUT2D eigenvalue weighted by Crippen LogP contribution is 2.33. The van der Waals surface area contributed by atoms with E-state index in [9.17, 15) is 44.3 Å². The molecule has 0 heterocycles. The van der Waals surface area contributed by atoms with E-state index < -0.39 is 35.2 Å². The van der Waals surface area contributed by atoms with E-state index in [0.29, 0.717) is 16.9 Å². The van der Waals surface area contributed by atoms with Gasteiger partial charge < -0.3 is 20.3 Å². The number of nitrogen functional groups attached to an aromatic ring is 1. The van der Waals surface area contributed by atoms with Gasteiger partial charge in [-0.1, -0.05) is 12.1 Å². The van der Waals surface area contributed by atoms with Crippen LogP contribution in [-0.2, 0) is 53.8 Å². The highest BCUT2D eigenvalue weighted by molar-refractivity contribution is 5.51. The third-order valence-corrected chi connectivity index (χ3v) is 5.04. The minimum Gasteiger partial charge on any atom is -0.463 e. The Morgan fingerprint density at radius 3 is 1.40 bits per heavy atom. The molecule has 0 aliphatic heterocycles. The van der Waals surface area contributed by atoms with E-state index in [-0.39, 0.29) is 31.1 Å². The van der Waals surface area contributed by atoms with Crippen LogP contribution in [0.1, 0.15) is 22.3 Å². The van der Waals surface area contributed by atoms with Crippen LogP contribution in [0, 0.1) is 0 Å². The summed E-state index contributed by atoms with van der Waals surface area (Å²) in [6.45, 7) is 0.0316. The van der Waals surface area contributed by atoms with Crippen LogP contribution in [-0.4, -0.2) is 47.0 Å². The number of nitrogens with two attached hydrogens (primary N) is 1. The van der Waals surface area contributed by atoms with Gasteiger partial charge in [-0.15, -0.1) is 0 Å². The van der Waals surface area contributed by atoms with Gasteiger partial charge in [0.2, 0.25) is 0 Å². The van der Waals surface area contributed by atoms with E-state index in [1.807, 2.05) is 0 Å². The Labute approximate surface area is 262 Å². The highest BCUT2D eigenvalue weighted by atomic mass is 19.4. The molecule has 3 rings (SSSR count). The molecule has 0 amide bonds. The number of carbonyl (C=O) groups excluding carboxylic acids is 5. The summed E-state index contributed by atoms with van der Waals surface area (Å²) in [4.78, 5) is 45.7. The monoisotopic (exact) mass is 685 g/mol. The molecule has 0 atom stereocenters. The third kappa shape index (κ3) is 18.9. The zero-order valence-electron chi connectivity index (χ0n) is 25.0. The largest absolute Gasteiger partial charge is 0.463 e. The van der Waals surface area contributed by atoms with Crippen molar-refractivity contribution in [1.82, 2.24) is 0 Å². The SMILES string of the molecule is CN(C)c1cc(COC=O)cc(C(F)(F)F)c1.CN(C)c1cccc(C(F)(F)F)c1.Nc1cccc(C(F)(F)F)c1.O=C=O.O=C=O. The van der Waals surface area contributed by atoms with E-state index in [0.717, 1.165) is 36.4 Å². The molecule has 18 heteroatoms. The van der Waals surface area contributed by atoms with Gasteiger partial charge in [-0.05, 0) is 60.2 Å².